The van der Waals surface area contributed by atoms with E-state index in [-0.39, 0.29) is 35.4 Å². The highest BCUT2D eigenvalue weighted by Crippen LogP contribution is 2.21. The molecule has 0 atom stereocenters. The van der Waals surface area contributed by atoms with Crippen molar-refractivity contribution in [2.75, 3.05) is 26.4 Å². The molecule has 0 spiro atoms. The summed E-state index contributed by atoms with van der Waals surface area (Å²) >= 11 is 0. The summed E-state index contributed by atoms with van der Waals surface area (Å²) in [6.45, 7) is 0.634. The van der Waals surface area contributed by atoms with Crippen LogP contribution in [0.4, 0.5) is 10.2 Å². The SMILES string of the molecule is CN(C)CC#Cc1cccc(C(=O)c2cnn(-c3ccc(F)cc3)c2N)c1.Cl. The molecular weight excluding hydrogens is 379 g/mol. The Morgan fingerprint density at radius 3 is 2.61 bits per heavy atom. The van der Waals surface area contributed by atoms with Gasteiger partial charge in [0.05, 0.1) is 24.0 Å². The Hall–Kier alpha value is -3.14. The first-order valence-corrected chi connectivity index (χ1v) is 8.33. The first-order chi connectivity index (χ1) is 13.0. The van der Waals surface area contributed by atoms with Crippen LogP contribution in [0.25, 0.3) is 5.69 Å². The van der Waals surface area contributed by atoms with Gasteiger partial charge >= 0.3 is 0 Å². The van der Waals surface area contributed by atoms with Gasteiger partial charge in [0, 0.05) is 11.1 Å². The summed E-state index contributed by atoms with van der Waals surface area (Å²) in [4.78, 5) is 14.8. The zero-order chi connectivity index (χ0) is 19.4. The van der Waals surface area contributed by atoms with Gasteiger partial charge < -0.3 is 5.73 Å². The second-order valence-corrected chi connectivity index (χ2v) is 6.28. The third-order valence-electron chi connectivity index (χ3n) is 3.88. The van der Waals surface area contributed by atoms with Crippen molar-refractivity contribution in [3.63, 3.8) is 0 Å². The number of carbonyl (C=O) groups excluding carboxylic acids is 1. The van der Waals surface area contributed by atoms with E-state index in [0.717, 1.165) is 5.56 Å². The van der Waals surface area contributed by atoms with Crippen molar-refractivity contribution < 1.29 is 9.18 Å². The highest BCUT2D eigenvalue weighted by atomic mass is 35.5. The molecule has 28 heavy (non-hydrogen) atoms. The normalized spacial score (nSPS) is 10.1. The van der Waals surface area contributed by atoms with Gasteiger partial charge in [0.25, 0.3) is 0 Å². The van der Waals surface area contributed by atoms with Crippen molar-refractivity contribution in [3.8, 4) is 17.5 Å². The Morgan fingerprint density at radius 1 is 1.21 bits per heavy atom. The standard InChI is InChI=1S/C21H19FN4O.ClH/c1-25(2)12-4-6-15-5-3-7-16(13-15)20(27)19-14-24-26(21(19)23)18-10-8-17(22)9-11-18;/h3,5,7-11,13-14H,12,23H2,1-2H3;1H. The molecular formula is C21H20ClFN4O. The number of carbonyl (C=O) groups is 1. The number of aromatic nitrogens is 2. The van der Waals surface area contributed by atoms with Crippen LogP contribution < -0.4 is 5.73 Å². The first-order valence-electron chi connectivity index (χ1n) is 8.33. The summed E-state index contributed by atoms with van der Waals surface area (Å²) in [5, 5.41) is 4.17. The number of benzene rings is 2. The number of nitrogens with two attached hydrogens (primary N) is 1. The van der Waals surface area contributed by atoms with E-state index in [4.69, 9.17) is 5.73 Å². The Balaban J connectivity index is 0.00000280. The Labute approximate surface area is 169 Å². The van der Waals surface area contributed by atoms with Crippen LogP contribution in [0.5, 0.6) is 0 Å². The Bertz CT molecular complexity index is 1030. The average Bonchev–Trinajstić information content (AvgIpc) is 3.03. The number of anilines is 1. The highest BCUT2D eigenvalue weighted by molar-refractivity contribution is 6.11. The number of nitrogen functional groups attached to an aromatic ring is 1. The number of hydrogen-bond donors (Lipinski definition) is 1. The molecule has 0 aliphatic rings. The van der Waals surface area contributed by atoms with Gasteiger partial charge in [-0.25, -0.2) is 9.07 Å². The summed E-state index contributed by atoms with van der Waals surface area (Å²) in [5.41, 5.74) is 8.23. The number of rotatable bonds is 4. The smallest absolute Gasteiger partial charge is 0.198 e. The van der Waals surface area contributed by atoms with Crippen LogP contribution in [0.3, 0.4) is 0 Å². The molecule has 1 aromatic heterocycles. The summed E-state index contributed by atoms with van der Waals surface area (Å²) in [6.07, 6.45) is 1.42. The average molecular weight is 399 g/mol. The molecule has 0 unspecified atom stereocenters. The predicted octanol–water partition coefficient (Wildman–Crippen LogP) is 3.16. The number of nitrogens with zero attached hydrogens (tertiary/aromatic N) is 3. The van der Waals surface area contributed by atoms with Crippen LogP contribution >= 0.6 is 12.4 Å². The quantitative estimate of drug-likeness (QED) is 0.541. The molecule has 7 heteroatoms. The van der Waals surface area contributed by atoms with Crippen LogP contribution in [0, 0.1) is 17.7 Å². The number of hydrogen-bond acceptors (Lipinski definition) is 4. The first kappa shape index (κ1) is 21.2. The zero-order valence-corrected chi connectivity index (χ0v) is 16.3. The summed E-state index contributed by atoms with van der Waals surface area (Å²) < 4.78 is 14.5. The lowest BCUT2D eigenvalue weighted by Crippen LogP contribution is -2.10. The van der Waals surface area contributed by atoms with Crippen molar-refractivity contribution in [1.82, 2.24) is 14.7 Å². The molecule has 0 radical (unpaired) electrons. The van der Waals surface area contributed by atoms with Crippen LogP contribution in [0.1, 0.15) is 21.5 Å². The molecule has 0 aliphatic carbocycles. The van der Waals surface area contributed by atoms with Crippen molar-refractivity contribution in [3.05, 3.63) is 77.2 Å². The summed E-state index contributed by atoms with van der Waals surface area (Å²) in [7, 11) is 3.88. The zero-order valence-electron chi connectivity index (χ0n) is 15.5. The minimum atomic E-state index is -0.354. The topological polar surface area (TPSA) is 64.2 Å². The van der Waals surface area contributed by atoms with Crippen LogP contribution in [0.15, 0.2) is 54.7 Å². The molecule has 0 saturated carbocycles. The predicted molar refractivity (Wildman–Crippen MR) is 110 cm³/mol. The molecule has 2 N–H and O–H groups in total. The highest BCUT2D eigenvalue weighted by Gasteiger charge is 2.18. The number of halogens is 2. The van der Waals surface area contributed by atoms with E-state index < -0.39 is 0 Å². The van der Waals surface area contributed by atoms with Crippen molar-refractivity contribution in [1.29, 1.82) is 0 Å². The molecule has 0 fully saturated rings. The number of ketones is 1. The van der Waals surface area contributed by atoms with Gasteiger partial charge in [-0.2, -0.15) is 5.10 Å². The lowest BCUT2D eigenvalue weighted by atomic mass is 10.0. The molecule has 0 amide bonds. The Morgan fingerprint density at radius 2 is 1.93 bits per heavy atom. The summed E-state index contributed by atoms with van der Waals surface area (Å²) in [6, 6.07) is 12.8. The van der Waals surface area contributed by atoms with Gasteiger partial charge in [-0.3, -0.25) is 9.69 Å². The van der Waals surface area contributed by atoms with Gasteiger partial charge in [0.15, 0.2) is 5.78 Å². The van der Waals surface area contributed by atoms with Crippen molar-refractivity contribution >= 4 is 24.0 Å². The Kier molecular flexibility index (Phi) is 6.94. The molecule has 2 aromatic carbocycles. The van der Waals surface area contributed by atoms with E-state index in [0.29, 0.717) is 17.8 Å². The van der Waals surface area contributed by atoms with Gasteiger partial charge in [-0.1, -0.05) is 24.0 Å². The molecule has 144 valence electrons. The maximum absolute atomic E-state index is 13.1. The third kappa shape index (κ3) is 4.77. The minimum Gasteiger partial charge on any atom is -0.383 e. The van der Waals surface area contributed by atoms with Crippen LogP contribution in [-0.4, -0.2) is 41.1 Å². The lowest BCUT2D eigenvalue weighted by molar-refractivity contribution is 0.103. The monoisotopic (exact) mass is 398 g/mol. The second kappa shape index (κ2) is 9.18. The van der Waals surface area contributed by atoms with Crippen LogP contribution in [0.2, 0.25) is 0 Å². The lowest BCUT2D eigenvalue weighted by Gasteiger charge is -2.05. The second-order valence-electron chi connectivity index (χ2n) is 6.28. The van der Waals surface area contributed by atoms with Gasteiger partial charge in [-0.15, -0.1) is 12.4 Å². The fourth-order valence-corrected chi connectivity index (χ4v) is 2.51. The maximum Gasteiger partial charge on any atom is 0.198 e. The molecule has 0 bridgehead atoms. The maximum atomic E-state index is 13.1. The van der Waals surface area contributed by atoms with Gasteiger partial charge in [0.2, 0.25) is 0 Å². The molecule has 0 aliphatic heterocycles. The molecule has 3 rings (SSSR count). The fraction of sp³-hybridized carbons (Fsp3) is 0.143. The van der Waals surface area contributed by atoms with Crippen molar-refractivity contribution in [2.24, 2.45) is 0 Å². The van der Waals surface area contributed by atoms with Crippen LogP contribution in [-0.2, 0) is 0 Å². The van der Waals surface area contributed by atoms with E-state index >= 15 is 0 Å². The molecule has 1 heterocycles. The molecule has 5 nitrogen and oxygen atoms in total. The molecule has 0 saturated heterocycles. The fourth-order valence-electron chi connectivity index (χ4n) is 2.51. The third-order valence-corrected chi connectivity index (χ3v) is 3.88. The van der Waals surface area contributed by atoms with E-state index in [1.165, 1.54) is 23.0 Å². The van der Waals surface area contributed by atoms with E-state index in [1.54, 1.807) is 30.3 Å². The molecule has 3 aromatic rings. The minimum absolute atomic E-state index is 0. The van der Waals surface area contributed by atoms with E-state index in [9.17, 15) is 9.18 Å². The van der Waals surface area contributed by atoms with E-state index in [2.05, 4.69) is 16.9 Å². The van der Waals surface area contributed by atoms with Crippen molar-refractivity contribution in [2.45, 2.75) is 0 Å². The summed E-state index contributed by atoms with van der Waals surface area (Å²) in [5.74, 6) is 5.70. The largest absolute Gasteiger partial charge is 0.383 e. The van der Waals surface area contributed by atoms with Gasteiger partial charge in [0.1, 0.15) is 11.6 Å². The van der Waals surface area contributed by atoms with E-state index in [1.807, 2.05) is 25.1 Å². The van der Waals surface area contributed by atoms with Gasteiger partial charge in [-0.05, 0) is 50.5 Å².